The molecule has 7 heteroatoms. The van der Waals surface area contributed by atoms with Gasteiger partial charge >= 0.3 is 0 Å². The Balaban J connectivity index is 1.43. The maximum Gasteiger partial charge on any atom is 0.265 e. The van der Waals surface area contributed by atoms with Crippen molar-refractivity contribution in [2.75, 3.05) is 6.54 Å². The lowest BCUT2D eigenvalue weighted by atomic mass is 10.1. The molecular weight excluding hydrogens is 390 g/mol. The lowest BCUT2D eigenvalue weighted by molar-refractivity contribution is 0.0952. The Morgan fingerprint density at radius 3 is 2.48 bits per heavy atom. The Hall–Kier alpha value is -3.74. The SMILES string of the molecule is Cc1cc(C)n(CCCNC(=O)c2ccc(-n3c(C)nc4ccccc4c3=O)cc2)n1. The average Bonchev–Trinajstić information content (AvgIpc) is 3.08. The van der Waals surface area contributed by atoms with Crippen molar-refractivity contribution >= 4 is 16.8 Å². The number of rotatable bonds is 6. The lowest BCUT2D eigenvalue weighted by Crippen LogP contribution is -2.26. The van der Waals surface area contributed by atoms with Gasteiger partial charge in [0.2, 0.25) is 0 Å². The van der Waals surface area contributed by atoms with Crippen molar-refractivity contribution in [3.8, 4) is 5.69 Å². The van der Waals surface area contributed by atoms with E-state index in [4.69, 9.17) is 0 Å². The molecule has 0 saturated carbocycles. The van der Waals surface area contributed by atoms with E-state index in [1.807, 2.05) is 42.8 Å². The molecule has 1 N–H and O–H groups in total. The molecule has 0 aliphatic heterocycles. The number of fused-ring (bicyclic) bond motifs is 1. The summed E-state index contributed by atoms with van der Waals surface area (Å²) in [5.74, 6) is 0.464. The Kier molecular flexibility index (Phi) is 5.66. The molecule has 4 rings (SSSR count). The average molecular weight is 415 g/mol. The van der Waals surface area contributed by atoms with Crippen molar-refractivity contribution in [2.45, 2.75) is 33.7 Å². The molecule has 4 aromatic rings. The summed E-state index contributed by atoms with van der Waals surface area (Å²) in [6, 6.07) is 16.3. The minimum absolute atomic E-state index is 0.121. The van der Waals surface area contributed by atoms with Gasteiger partial charge in [-0.1, -0.05) is 12.1 Å². The number of nitrogens with zero attached hydrogens (tertiary/aromatic N) is 4. The van der Waals surface area contributed by atoms with Crippen LogP contribution < -0.4 is 10.9 Å². The summed E-state index contributed by atoms with van der Waals surface area (Å²) >= 11 is 0. The first-order valence-electron chi connectivity index (χ1n) is 10.3. The van der Waals surface area contributed by atoms with E-state index in [0.717, 1.165) is 24.4 Å². The molecular formula is C24H25N5O2. The fourth-order valence-electron chi connectivity index (χ4n) is 3.74. The monoisotopic (exact) mass is 415 g/mol. The summed E-state index contributed by atoms with van der Waals surface area (Å²) in [5.41, 5.74) is 3.91. The van der Waals surface area contributed by atoms with Crippen LogP contribution in [0.5, 0.6) is 0 Å². The molecule has 0 atom stereocenters. The molecule has 31 heavy (non-hydrogen) atoms. The Morgan fingerprint density at radius 2 is 1.77 bits per heavy atom. The first kappa shape index (κ1) is 20.5. The maximum atomic E-state index is 12.9. The van der Waals surface area contributed by atoms with Crippen LogP contribution >= 0.6 is 0 Å². The van der Waals surface area contributed by atoms with Crippen molar-refractivity contribution in [1.29, 1.82) is 0 Å². The van der Waals surface area contributed by atoms with E-state index in [1.54, 1.807) is 41.8 Å². The standard InChI is InChI=1S/C24H25N5O2/c1-16-15-17(2)28(27-16)14-6-13-25-23(30)19-9-11-20(12-10-19)29-18(3)26-22-8-5-4-7-21(22)24(29)31/h4-5,7-12,15H,6,13-14H2,1-3H3,(H,25,30). The normalized spacial score (nSPS) is 11.1. The number of benzene rings is 2. The molecule has 0 aliphatic rings. The summed E-state index contributed by atoms with van der Waals surface area (Å²) in [6.45, 7) is 7.12. The van der Waals surface area contributed by atoms with Crippen molar-refractivity contribution in [2.24, 2.45) is 0 Å². The van der Waals surface area contributed by atoms with Crippen LogP contribution in [0, 0.1) is 20.8 Å². The van der Waals surface area contributed by atoms with Crippen LogP contribution in [0.15, 0.2) is 59.4 Å². The first-order valence-corrected chi connectivity index (χ1v) is 10.3. The Bertz CT molecular complexity index is 1300. The summed E-state index contributed by atoms with van der Waals surface area (Å²) in [6.07, 6.45) is 0.795. The third kappa shape index (κ3) is 4.26. The van der Waals surface area contributed by atoms with Crippen molar-refractivity contribution < 1.29 is 4.79 Å². The van der Waals surface area contributed by atoms with Crippen molar-refractivity contribution in [1.82, 2.24) is 24.6 Å². The molecule has 0 fully saturated rings. The molecule has 0 radical (unpaired) electrons. The second-order valence-electron chi connectivity index (χ2n) is 7.62. The van der Waals surface area contributed by atoms with Gasteiger partial charge in [0.25, 0.3) is 11.5 Å². The fourth-order valence-corrected chi connectivity index (χ4v) is 3.74. The highest BCUT2D eigenvalue weighted by Gasteiger charge is 2.11. The Morgan fingerprint density at radius 1 is 1.03 bits per heavy atom. The molecule has 2 heterocycles. The van der Waals surface area contributed by atoms with Gasteiger partial charge in [-0.25, -0.2) is 4.98 Å². The number of hydrogen-bond donors (Lipinski definition) is 1. The number of carbonyl (C=O) groups is 1. The van der Waals surface area contributed by atoms with Crippen LogP contribution in [0.1, 0.15) is 34.0 Å². The van der Waals surface area contributed by atoms with Crippen LogP contribution in [-0.2, 0) is 6.54 Å². The fraction of sp³-hybridized carbons (Fsp3) is 0.250. The minimum Gasteiger partial charge on any atom is -0.352 e. The largest absolute Gasteiger partial charge is 0.352 e. The zero-order chi connectivity index (χ0) is 22.0. The van der Waals surface area contributed by atoms with Crippen LogP contribution in [0.2, 0.25) is 0 Å². The zero-order valence-corrected chi connectivity index (χ0v) is 17.9. The van der Waals surface area contributed by atoms with E-state index >= 15 is 0 Å². The van der Waals surface area contributed by atoms with E-state index in [1.165, 1.54) is 0 Å². The predicted molar refractivity (Wildman–Crippen MR) is 121 cm³/mol. The molecule has 0 saturated heterocycles. The van der Waals surface area contributed by atoms with Gasteiger partial charge < -0.3 is 5.32 Å². The third-order valence-corrected chi connectivity index (χ3v) is 5.27. The minimum atomic E-state index is -0.138. The number of aromatic nitrogens is 4. The molecule has 158 valence electrons. The predicted octanol–water partition coefficient (Wildman–Crippen LogP) is 3.33. The van der Waals surface area contributed by atoms with Gasteiger partial charge in [0.15, 0.2) is 0 Å². The van der Waals surface area contributed by atoms with E-state index in [9.17, 15) is 9.59 Å². The highest BCUT2D eigenvalue weighted by Crippen LogP contribution is 2.13. The first-order chi connectivity index (χ1) is 14.9. The molecule has 0 unspecified atom stereocenters. The van der Waals surface area contributed by atoms with Crippen molar-refractivity contribution in [3.05, 3.63) is 87.7 Å². The summed E-state index contributed by atoms with van der Waals surface area (Å²) in [7, 11) is 0. The summed E-state index contributed by atoms with van der Waals surface area (Å²) in [5, 5.41) is 7.94. The quantitative estimate of drug-likeness (QED) is 0.490. The van der Waals surface area contributed by atoms with Gasteiger partial charge in [0, 0.05) is 24.3 Å². The molecule has 0 bridgehead atoms. The van der Waals surface area contributed by atoms with E-state index in [2.05, 4.69) is 15.4 Å². The molecule has 7 nitrogen and oxygen atoms in total. The number of carbonyl (C=O) groups excluding carboxylic acids is 1. The molecule has 0 aliphatic carbocycles. The van der Waals surface area contributed by atoms with Crippen LogP contribution in [-0.4, -0.2) is 31.8 Å². The van der Waals surface area contributed by atoms with Gasteiger partial charge in [-0.05, 0) is 69.7 Å². The van der Waals surface area contributed by atoms with Gasteiger partial charge in [0.05, 0.1) is 22.3 Å². The third-order valence-electron chi connectivity index (χ3n) is 5.27. The second kappa shape index (κ2) is 8.55. The molecule has 0 spiro atoms. The topological polar surface area (TPSA) is 81.8 Å². The summed E-state index contributed by atoms with van der Waals surface area (Å²) in [4.78, 5) is 29.9. The zero-order valence-electron chi connectivity index (χ0n) is 17.9. The van der Waals surface area contributed by atoms with Gasteiger partial charge in [0.1, 0.15) is 5.82 Å². The Labute approximate surface area is 180 Å². The molecule has 2 aromatic heterocycles. The maximum absolute atomic E-state index is 12.9. The molecule has 2 aromatic carbocycles. The number of para-hydroxylation sites is 1. The van der Waals surface area contributed by atoms with Crippen molar-refractivity contribution in [3.63, 3.8) is 0 Å². The number of amides is 1. The van der Waals surface area contributed by atoms with E-state index < -0.39 is 0 Å². The highest BCUT2D eigenvalue weighted by atomic mass is 16.1. The van der Waals surface area contributed by atoms with E-state index in [-0.39, 0.29) is 11.5 Å². The smallest absolute Gasteiger partial charge is 0.265 e. The number of hydrogen-bond acceptors (Lipinski definition) is 4. The van der Waals surface area contributed by atoms with Gasteiger partial charge in [-0.15, -0.1) is 0 Å². The summed E-state index contributed by atoms with van der Waals surface area (Å²) < 4.78 is 3.52. The van der Waals surface area contributed by atoms with Crippen LogP contribution in [0.25, 0.3) is 16.6 Å². The van der Waals surface area contributed by atoms with E-state index in [0.29, 0.717) is 34.5 Å². The number of nitrogens with one attached hydrogen (secondary N) is 1. The lowest BCUT2D eigenvalue weighted by Gasteiger charge is -2.12. The van der Waals surface area contributed by atoms with Gasteiger partial charge in [-0.3, -0.25) is 18.8 Å². The van der Waals surface area contributed by atoms with Crippen LogP contribution in [0.4, 0.5) is 0 Å². The molecule has 1 amide bonds. The van der Waals surface area contributed by atoms with Crippen LogP contribution in [0.3, 0.4) is 0 Å². The highest BCUT2D eigenvalue weighted by molar-refractivity contribution is 5.94. The second-order valence-corrected chi connectivity index (χ2v) is 7.62. The number of aryl methyl sites for hydroxylation is 4. The van der Waals surface area contributed by atoms with Gasteiger partial charge in [-0.2, -0.15) is 5.10 Å².